The standard InChI is InChI=1S/C11H8FN3O2/c1-14-8-3-2-6(12)4-9(8)15-5-7(10(16)17)13-11(14)15/h2-5H,1H3,(H,16,17). The van der Waals surface area contributed by atoms with Gasteiger partial charge in [-0.1, -0.05) is 0 Å². The minimum atomic E-state index is -1.10. The van der Waals surface area contributed by atoms with Crippen LogP contribution in [-0.4, -0.2) is 25.0 Å². The molecule has 0 aliphatic rings. The molecule has 5 nitrogen and oxygen atoms in total. The molecule has 6 heteroatoms. The molecule has 0 fully saturated rings. The Kier molecular flexibility index (Phi) is 1.77. The molecular weight excluding hydrogens is 225 g/mol. The van der Waals surface area contributed by atoms with E-state index in [1.54, 1.807) is 22.1 Å². The number of halogens is 1. The zero-order valence-corrected chi connectivity index (χ0v) is 8.88. The molecule has 86 valence electrons. The zero-order chi connectivity index (χ0) is 12.2. The number of aromatic carboxylic acids is 1. The fraction of sp³-hybridized carbons (Fsp3) is 0.0909. The average Bonchev–Trinajstić information content (AvgIpc) is 2.80. The van der Waals surface area contributed by atoms with Crippen LogP contribution in [0.1, 0.15) is 10.5 Å². The number of hydrogen-bond acceptors (Lipinski definition) is 2. The third-order valence-corrected chi connectivity index (χ3v) is 2.76. The maximum Gasteiger partial charge on any atom is 0.356 e. The highest BCUT2D eigenvalue weighted by molar-refractivity contribution is 5.88. The summed E-state index contributed by atoms with van der Waals surface area (Å²) in [7, 11) is 1.76. The largest absolute Gasteiger partial charge is 0.476 e. The molecule has 0 aliphatic heterocycles. The molecular formula is C11H8FN3O2. The molecule has 0 spiro atoms. The molecule has 0 saturated heterocycles. The van der Waals surface area contributed by atoms with Crippen molar-refractivity contribution >= 4 is 22.8 Å². The molecule has 2 aromatic heterocycles. The van der Waals surface area contributed by atoms with Crippen LogP contribution in [0, 0.1) is 5.82 Å². The van der Waals surface area contributed by atoms with Gasteiger partial charge < -0.3 is 9.67 Å². The SMILES string of the molecule is Cn1c2ccc(F)cc2n2cc(C(=O)O)nc12. The van der Waals surface area contributed by atoms with Crippen LogP contribution in [0.2, 0.25) is 0 Å². The average molecular weight is 233 g/mol. The Hall–Kier alpha value is -2.37. The van der Waals surface area contributed by atoms with E-state index in [0.29, 0.717) is 11.3 Å². The molecule has 0 saturated carbocycles. The normalized spacial score (nSPS) is 11.4. The van der Waals surface area contributed by atoms with Crippen LogP contribution in [0.15, 0.2) is 24.4 Å². The van der Waals surface area contributed by atoms with E-state index in [9.17, 15) is 9.18 Å². The summed E-state index contributed by atoms with van der Waals surface area (Å²) in [5.74, 6) is -0.989. The minimum absolute atomic E-state index is 0.0539. The van der Waals surface area contributed by atoms with Crippen LogP contribution in [0.5, 0.6) is 0 Å². The zero-order valence-electron chi connectivity index (χ0n) is 8.88. The van der Waals surface area contributed by atoms with Crippen LogP contribution in [0.4, 0.5) is 4.39 Å². The number of imidazole rings is 2. The van der Waals surface area contributed by atoms with Gasteiger partial charge in [-0.3, -0.25) is 4.40 Å². The summed E-state index contributed by atoms with van der Waals surface area (Å²) in [4.78, 5) is 14.8. The van der Waals surface area contributed by atoms with Gasteiger partial charge in [0.15, 0.2) is 5.69 Å². The van der Waals surface area contributed by atoms with E-state index < -0.39 is 5.97 Å². The highest BCUT2D eigenvalue weighted by Gasteiger charge is 2.15. The Morgan fingerprint density at radius 2 is 2.18 bits per heavy atom. The van der Waals surface area contributed by atoms with Gasteiger partial charge in [0.25, 0.3) is 0 Å². The van der Waals surface area contributed by atoms with E-state index in [1.165, 1.54) is 18.3 Å². The van der Waals surface area contributed by atoms with Gasteiger partial charge in [-0.25, -0.2) is 14.2 Å². The lowest BCUT2D eigenvalue weighted by Gasteiger charge is -1.94. The van der Waals surface area contributed by atoms with Gasteiger partial charge in [-0.15, -0.1) is 0 Å². The number of nitrogens with zero attached hydrogens (tertiary/aromatic N) is 3. The van der Waals surface area contributed by atoms with Crippen LogP contribution in [-0.2, 0) is 7.05 Å². The summed E-state index contributed by atoms with van der Waals surface area (Å²) >= 11 is 0. The first-order chi connectivity index (χ1) is 8.08. The second-order valence-electron chi connectivity index (χ2n) is 3.79. The highest BCUT2D eigenvalue weighted by atomic mass is 19.1. The summed E-state index contributed by atoms with van der Waals surface area (Å²) in [6.45, 7) is 0. The van der Waals surface area contributed by atoms with E-state index >= 15 is 0 Å². The Morgan fingerprint density at radius 1 is 1.41 bits per heavy atom. The Morgan fingerprint density at radius 3 is 2.88 bits per heavy atom. The third-order valence-electron chi connectivity index (χ3n) is 2.76. The minimum Gasteiger partial charge on any atom is -0.476 e. The summed E-state index contributed by atoms with van der Waals surface area (Å²) in [6.07, 6.45) is 1.39. The summed E-state index contributed by atoms with van der Waals surface area (Å²) in [5.41, 5.74) is 1.34. The van der Waals surface area contributed by atoms with Crippen molar-refractivity contribution in [3.05, 3.63) is 35.9 Å². The Balaban J connectivity index is 2.48. The summed E-state index contributed by atoms with van der Waals surface area (Å²) in [5, 5.41) is 8.86. The van der Waals surface area contributed by atoms with Crippen molar-refractivity contribution in [2.45, 2.75) is 0 Å². The van der Waals surface area contributed by atoms with Gasteiger partial charge in [-0.2, -0.15) is 0 Å². The first-order valence-corrected chi connectivity index (χ1v) is 4.94. The van der Waals surface area contributed by atoms with Gasteiger partial charge in [0.1, 0.15) is 5.82 Å². The number of carboxylic acids is 1. The lowest BCUT2D eigenvalue weighted by atomic mass is 10.3. The van der Waals surface area contributed by atoms with Gasteiger partial charge in [-0.05, 0) is 12.1 Å². The smallest absolute Gasteiger partial charge is 0.356 e. The van der Waals surface area contributed by atoms with E-state index in [2.05, 4.69) is 4.98 Å². The topological polar surface area (TPSA) is 59.5 Å². The lowest BCUT2D eigenvalue weighted by Crippen LogP contribution is -1.97. The van der Waals surface area contributed by atoms with Crippen molar-refractivity contribution in [2.75, 3.05) is 0 Å². The Labute approximate surface area is 94.7 Å². The first-order valence-electron chi connectivity index (χ1n) is 4.94. The quantitative estimate of drug-likeness (QED) is 0.695. The number of rotatable bonds is 1. The van der Waals surface area contributed by atoms with E-state index in [1.807, 2.05) is 0 Å². The van der Waals surface area contributed by atoms with Crippen molar-refractivity contribution in [3.63, 3.8) is 0 Å². The van der Waals surface area contributed by atoms with Crippen molar-refractivity contribution in [2.24, 2.45) is 7.05 Å². The number of aryl methyl sites for hydroxylation is 1. The first kappa shape index (κ1) is 9.83. The van der Waals surface area contributed by atoms with Gasteiger partial charge in [0.2, 0.25) is 5.78 Å². The van der Waals surface area contributed by atoms with Gasteiger partial charge in [0, 0.05) is 19.3 Å². The number of hydrogen-bond donors (Lipinski definition) is 1. The number of fused-ring (bicyclic) bond motifs is 3. The van der Waals surface area contributed by atoms with Gasteiger partial charge >= 0.3 is 5.97 Å². The second-order valence-corrected chi connectivity index (χ2v) is 3.79. The van der Waals surface area contributed by atoms with E-state index in [0.717, 1.165) is 5.52 Å². The number of carboxylic acid groups (broad SMARTS) is 1. The lowest BCUT2D eigenvalue weighted by molar-refractivity contribution is 0.0691. The van der Waals surface area contributed by atoms with Crippen molar-refractivity contribution in [1.29, 1.82) is 0 Å². The maximum absolute atomic E-state index is 13.2. The molecule has 0 unspecified atom stereocenters. The second kappa shape index (κ2) is 3.07. The number of benzene rings is 1. The van der Waals surface area contributed by atoms with E-state index in [-0.39, 0.29) is 11.5 Å². The highest BCUT2D eigenvalue weighted by Crippen LogP contribution is 2.20. The van der Waals surface area contributed by atoms with Crippen molar-refractivity contribution in [3.8, 4) is 0 Å². The molecule has 0 atom stereocenters. The molecule has 3 rings (SSSR count). The molecule has 1 N–H and O–H groups in total. The van der Waals surface area contributed by atoms with Crippen LogP contribution in [0.3, 0.4) is 0 Å². The van der Waals surface area contributed by atoms with Crippen LogP contribution in [0.25, 0.3) is 16.8 Å². The van der Waals surface area contributed by atoms with Crippen LogP contribution < -0.4 is 0 Å². The fourth-order valence-electron chi connectivity index (χ4n) is 1.97. The molecule has 0 bridgehead atoms. The molecule has 2 heterocycles. The fourth-order valence-corrected chi connectivity index (χ4v) is 1.97. The third kappa shape index (κ3) is 1.24. The van der Waals surface area contributed by atoms with E-state index in [4.69, 9.17) is 5.11 Å². The van der Waals surface area contributed by atoms with Crippen LogP contribution >= 0.6 is 0 Å². The van der Waals surface area contributed by atoms with Crippen molar-refractivity contribution in [1.82, 2.24) is 14.0 Å². The molecule has 3 aromatic rings. The molecule has 1 aromatic carbocycles. The monoisotopic (exact) mass is 233 g/mol. The predicted octanol–water partition coefficient (Wildman–Crippen LogP) is 1.66. The summed E-state index contributed by atoms with van der Waals surface area (Å²) in [6, 6.07) is 4.36. The maximum atomic E-state index is 13.2. The van der Waals surface area contributed by atoms with Crippen molar-refractivity contribution < 1.29 is 14.3 Å². The molecule has 0 aliphatic carbocycles. The molecule has 0 radical (unpaired) electrons. The molecule has 17 heavy (non-hydrogen) atoms. The number of aromatic nitrogens is 3. The van der Waals surface area contributed by atoms with Gasteiger partial charge in [0.05, 0.1) is 11.0 Å². The number of carbonyl (C=O) groups is 1. The Bertz CT molecular complexity index is 757. The predicted molar refractivity (Wildman–Crippen MR) is 58.6 cm³/mol. The molecule has 0 amide bonds. The summed E-state index contributed by atoms with van der Waals surface area (Å²) < 4.78 is 16.5.